The Morgan fingerprint density at radius 3 is 3.07 bits per heavy atom. The van der Waals surface area contributed by atoms with Crippen LogP contribution in [0.3, 0.4) is 0 Å². The Morgan fingerprint density at radius 1 is 1.47 bits per heavy atom. The summed E-state index contributed by atoms with van der Waals surface area (Å²) in [5.74, 6) is 0.0821. The highest BCUT2D eigenvalue weighted by molar-refractivity contribution is 5.92. The van der Waals surface area contributed by atoms with Crippen LogP contribution in [0.25, 0.3) is 0 Å². The van der Waals surface area contributed by atoms with E-state index in [4.69, 9.17) is 0 Å². The molecule has 0 aromatic carbocycles. The third-order valence-corrected chi connectivity index (χ3v) is 2.66. The topological polar surface area (TPSA) is 50.2 Å². The molecule has 15 heavy (non-hydrogen) atoms. The van der Waals surface area contributed by atoms with Gasteiger partial charge < -0.3 is 14.8 Å². The standard InChI is InChI=1S/C10H16N4O/c1-13-8-12-7-9(13)10(15)14-5-2-3-11-4-6-14/h7-8,11H,2-6H2,1H3. The number of rotatable bonds is 1. The van der Waals surface area contributed by atoms with E-state index < -0.39 is 0 Å². The van der Waals surface area contributed by atoms with Gasteiger partial charge in [0.2, 0.25) is 0 Å². The summed E-state index contributed by atoms with van der Waals surface area (Å²) in [5, 5.41) is 3.28. The number of aryl methyl sites for hydroxylation is 1. The van der Waals surface area contributed by atoms with E-state index in [0.29, 0.717) is 5.69 Å². The molecule has 1 aromatic rings. The van der Waals surface area contributed by atoms with Crippen molar-refractivity contribution in [3.05, 3.63) is 18.2 Å². The number of aromatic nitrogens is 2. The van der Waals surface area contributed by atoms with Crippen LogP contribution < -0.4 is 5.32 Å². The second kappa shape index (κ2) is 4.44. The Bertz CT molecular complexity index is 339. The molecule has 1 aliphatic heterocycles. The molecule has 1 aromatic heterocycles. The third-order valence-electron chi connectivity index (χ3n) is 2.66. The van der Waals surface area contributed by atoms with Crippen LogP contribution in [0.1, 0.15) is 16.9 Å². The monoisotopic (exact) mass is 208 g/mol. The van der Waals surface area contributed by atoms with Gasteiger partial charge in [-0.05, 0) is 13.0 Å². The maximum atomic E-state index is 12.1. The maximum absolute atomic E-state index is 12.1. The van der Waals surface area contributed by atoms with E-state index in [0.717, 1.165) is 32.6 Å². The van der Waals surface area contributed by atoms with Crippen molar-refractivity contribution in [2.75, 3.05) is 26.2 Å². The van der Waals surface area contributed by atoms with Crippen LogP contribution in [0.15, 0.2) is 12.5 Å². The molecule has 0 radical (unpaired) electrons. The van der Waals surface area contributed by atoms with Gasteiger partial charge in [0.05, 0.1) is 12.5 Å². The van der Waals surface area contributed by atoms with Gasteiger partial charge in [0.1, 0.15) is 5.69 Å². The van der Waals surface area contributed by atoms with Gasteiger partial charge in [-0.3, -0.25) is 4.79 Å². The average molecular weight is 208 g/mol. The highest BCUT2D eigenvalue weighted by atomic mass is 16.2. The van der Waals surface area contributed by atoms with Crippen LogP contribution in [0, 0.1) is 0 Å². The molecule has 1 amide bonds. The predicted molar refractivity (Wildman–Crippen MR) is 56.6 cm³/mol. The van der Waals surface area contributed by atoms with Crippen molar-refractivity contribution in [1.82, 2.24) is 19.8 Å². The van der Waals surface area contributed by atoms with Gasteiger partial charge in [-0.1, -0.05) is 0 Å². The minimum absolute atomic E-state index is 0.0821. The van der Waals surface area contributed by atoms with Gasteiger partial charge in [0.25, 0.3) is 5.91 Å². The summed E-state index contributed by atoms with van der Waals surface area (Å²) in [7, 11) is 1.84. The first-order valence-corrected chi connectivity index (χ1v) is 5.25. The van der Waals surface area contributed by atoms with E-state index >= 15 is 0 Å². The van der Waals surface area contributed by atoms with E-state index in [1.807, 2.05) is 11.9 Å². The summed E-state index contributed by atoms with van der Waals surface area (Å²) in [4.78, 5) is 17.9. The average Bonchev–Trinajstić information content (AvgIpc) is 2.53. The molecule has 0 bridgehead atoms. The van der Waals surface area contributed by atoms with E-state index in [-0.39, 0.29) is 5.91 Å². The van der Waals surface area contributed by atoms with Crippen LogP contribution in [-0.4, -0.2) is 46.5 Å². The number of carbonyl (C=O) groups excluding carboxylic acids is 1. The number of hydrogen-bond donors (Lipinski definition) is 1. The van der Waals surface area contributed by atoms with Gasteiger partial charge in [0, 0.05) is 26.7 Å². The second-order valence-electron chi connectivity index (χ2n) is 3.79. The number of nitrogens with one attached hydrogen (secondary N) is 1. The normalized spacial score (nSPS) is 17.5. The first kappa shape index (κ1) is 10.2. The number of hydrogen-bond acceptors (Lipinski definition) is 3. The largest absolute Gasteiger partial charge is 0.336 e. The molecule has 1 fully saturated rings. The lowest BCUT2D eigenvalue weighted by atomic mass is 10.3. The summed E-state index contributed by atoms with van der Waals surface area (Å²) < 4.78 is 1.76. The fraction of sp³-hybridized carbons (Fsp3) is 0.600. The Kier molecular flexibility index (Phi) is 3.01. The molecule has 2 heterocycles. The number of nitrogens with zero attached hydrogens (tertiary/aromatic N) is 3. The number of amides is 1. The van der Waals surface area contributed by atoms with Crippen LogP contribution in [0.5, 0.6) is 0 Å². The zero-order valence-corrected chi connectivity index (χ0v) is 8.94. The first-order chi connectivity index (χ1) is 7.29. The molecule has 0 atom stereocenters. The molecular weight excluding hydrogens is 192 g/mol. The van der Waals surface area contributed by atoms with E-state index in [2.05, 4.69) is 10.3 Å². The van der Waals surface area contributed by atoms with E-state index in [9.17, 15) is 4.79 Å². The fourth-order valence-electron chi connectivity index (χ4n) is 1.77. The third kappa shape index (κ3) is 2.18. The Hall–Kier alpha value is -1.36. The summed E-state index contributed by atoms with van der Waals surface area (Å²) in [6, 6.07) is 0. The lowest BCUT2D eigenvalue weighted by Gasteiger charge is -2.19. The predicted octanol–water partition coefficient (Wildman–Crippen LogP) is -0.144. The molecular formula is C10H16N4O. The van der Waals surface area contributed by atoms with Gasteiger partial charge in [-0.2, -0.15) is 0 Å². The Balaban J connectivity index is 2.09. The molecule has 1 saturated heterocycles. The van der Waals surface area contributed by atoms with Gasteiger partial charge in [-0.15, -0.1) is 0 Å². The van der Waals surface area contributed by atoms with Gasteiger partial charge in [-0.25, -0.2) is 4.98 Å². The minimum atomic E-state index is 0.0821. The van der Waals surface area contributed by atoms with Crippen molar-refractivity contribution in [2.45, 2.75) is 6.42 Å². The van der Waals surface area contributed by atoms with Crippen LogP contribution in [0.2, 0.25) is 0 Å². The number of carbonyl (C=O) groups is 1. The summed E-state index contributed by atoms with van der Waals surface area (Å²) >= 11 is 0. The molecule has 0 unspecified atom stereocenters. The zero-order chi connectivity index (χ0) is 10.7. The molecule has 0 spiro atoms. The lowest BCUT2D eigenvalue weighted by Crippen LogP contribution is -2.35. The molecule has 2 rings (SSSR count). The fourth-order valence-corrected chi connectivity index (χ4v) is 1.77. The zero-order valence-electron chi connectivity index (χ0n) is 8.94. The van der Waals surface area contributed by atoms with Crippen molar-refractivity contribution in [2.24, 2.45) is 7.05 Å². The SMILES string of the molecule is Cn1cncc1C(=O)N1CCCNCC1. The highest BCUT2D eigenvalue weighted by Gasteiger charge is 2.19. The van der Waals surface area contributed by atoms with E-state index in [1.165, 1.54) is 0 Å². The van der Waals surface area contributed by atoms with Crippen LogP contribution in [0.4, 0.5) is 0 Å². The summed E-state index contributed by atoms with van der Waals surface area (Å²) in [6.07, 6.45) is 4.30. The molecule has 0 aliphatic carbocycles. The molecule has 5 nitrogen and oxygen atoms in total. The Morgan fingerprint density at radius 2 is 2.33 bits per heavy atom. The van der Waals surface area contributed by atoms with Crippen LogP contribution in [-0.2, 0) is 7.05 Å². The van der Waals surface area contributed by atoms with E-state index in [1.54, 1.807) is 17.1 Å². The maximum Gasteiger partial charge on any atom is 0.272 e. The highest BCUT2D eigenvalue weighted by Crippen LogP contribution is 2.05. The van der Waals surface area contributed by atoms with Gasteiger partial charge in [0.15, 0.2) is 0 Å². The van der Waals surface area contributed by atoms with Crippen molar-refractivity contribution >= 4 is 5.91 Å². The molecule has 1 aliphatic rings. The van der Waals surface area contributed by atoms with Crippen molar-refractivity contribution in [3.8, 4) is 0 Å². The van der Waals surface area contributed by atoms with Crippen molar-refractivity contribution < 1.29 is 4.79 Å². The lowest BCUT2D eigenvalue weighted by molar-refractivity contribution is 0.0757. The van der Waals surface area contributed by atoms with Crippen molar-refractivity contribution in [1.29, 1.82) is 0 Å². The summed E-state index contributed by atoms with van der Waals surface area (Å²) in [6.45, 7) is 3.49. The smallest absolute Gasteiger partial charge is 0.272 e. The van der Waals surface area contributed by atoms with Crippen LogP contribution >= 0.6 is 0 Å². The molecule has 5 heteroatoms. The van der Waals surface area contributed by atoms with Gasteiger partial charge >= 0.3 is 0 Å². The molecule has 0 saturated carbocycles. The number of imidazole rings is 1. The summed E-state index contributed by atoms with van der Waals surface area (Å²) in [5.41, 5.74) is 0.664. The molecule has 1 N–H and O–H groups in total. The second-order valence-corrected chi connectivity index (χ2v) is 3.79. The van der Waals surface area contributed by atoms with Crippen molar-refractivity contribution in [3.63, 3.8) is 0 Å². The first-order valence-electron chi connectivity index (χ1n) is 5.25. The Labute approximate surface area is 89.1 Å². The minimum Gasteiger partial charge on any atom is -0.336 e. The quantitative estimate of drug-likeness (QED) is 0.698. The molecule has 82 valence electrons.